The van der Waals surface area contributed by atoms with E-state index in [1.54, 1.807) is 44.6 Å². The van der Waals surface area contributed by atoms with Gasteiger partial charge in [-0.25, -0.2) is 0 Å². The highest BCUT2D eigenvalue weighted by Crippen LogP contribution is 2.31. The third-order valence-corrected chi connectivity index (χ3v) is 4.45. The number of H-pyrrole nitrogens is 1. The highest BCUT2D eigenvalue weighted by Gasteiger charge is 2.12. The molecule has 0 spiro atoms. The summed E-state index contributed by atoms with van der Waals surface area (Å²) in [6, 6.07) is 12.7. The SMILES string of the molecule is COc1ccc(OC)c2[nH]c(=O)c(CCNC(=O)c3ccc(C)cc3)cc12. The number of rotatable bonds is 6. The molecule has 0 saturated heterocycles. The molecular formula is C21H22N2O4. The number of hydrogen-bond donors (Lipinski definition) is 2. The number of fused-ring (bicyclic) bond motifs is 1. The number of ether oxygens (including phenoxy) is 2. The number of methoxy groups -OCH3 is 2. The van der Waals surface area contributed by atoms with Crippen molar-refractivity contribution in [3.8, 4) is 11.5 Å². The minimum Gasteiger partial charge on any atom is -0.496 e. The zero-order valence-electron chi connectivity index (χ0n) is 15.6. The van der Waals surface area contributed by atoms with Gasteiger partial charge in [0.05, 0.1) is 19.7 Å². The van der Waals surface area contributed by atoms with E-state index in [2.05, 4.69) is 10.3 Å². The minimum atomic E-state index is -0.210. The van der Waals surface area contributed by atoms with Crippen molar-refractivity contribution in [1.82, 2.24) is 10.3 Å². The lowest BCUT2D eigenvalue weighted by atomic mass is 10.1. The summed E-state index contributed by atoms with van der Waals surface area (Å²) in [5.74, 6) is 1.06. The third-order valence-electron chi connectivity index (χ3n) is 4.45. The maximum absolute atomic E-state index is 12.4. The second-order valence-corrected chi connectivity index (χ2v) is 6.25. The van der Waals surface area contributed by atoms with Crippen LogP contribution in [0.4, 0.5) is 0 Å². The summed E-state index contributed by atoms with van der Waals surface area (Å²) in [5, 5.41) is 3.61. The summed E-state index contributed by atoms with van der Waals surface area (Å²) >= 11 is 0. The van der Waals surface area contributed by atoms with E-state index in [0.29, 0.717) is 41.1 Å². The van der Waals surface area contributed by atoms with E-state index in [9.17, 15) is 9.59 Å². The number of nitrogens with one attached hydrogen (secondary N) is 2. The zero-order valence-corrected chi connectivity index (χ0v) is 15.6. The maximum Gasteiger partial charge on any atom is 0.251 e. The molecule has 0 radical (unpaired) electrons. The number of carbonyl (C=O) groups excluding carboxylic acids is 1. The number of aromatic amines is 1. The Morgan fingerprint density at radius 2 is 1.70 bits per heavy atom. The number of pyridine rings is 1. The van der Waals surface area contributed by atoms with Gasteiger partial charge in [0.1, 0.15) is 11.5 Å². The summed E-state index contributed by atoms with van der Waals surface area (Å²) < 4.78 is 10.7. The van der Waals surface area contributed by atoms with Gasteiger partial charge in [0, 0.05) is 23.1 Å². The lowest BCUT2D eigenvalue weighted by Gasteiger charge is -2.11. The Bertz CT molecular complexity index is 1020. The lowest BCUT2D eigenvalue weighted by molar-refractivity contribution is 0.0954. The molecule has 0 saturated carbocycles. The first-order valence-electron chi connectivity index (χ1n) is 8.65. The van der Waals surface area contributed by atoms with Crippen molar-refractivity contribution in [3.05, 3.63) is 69.5 Å². The Labute approximate surface area is 157 Å². The molecule has 140 valence electrons. The van der Waals surface area contributed by atoms with Gasteiger partial charge in [-0.3, -0.25) is 9.59 Å². The van der Waals surface area contributed by atoms with Crippen molar-refractivity contribution in [2.45, 2.75) is 13.3 Å². The summed E-state index contributed by atoms with van der Waals surface area (Å²) in [6.45, 7) is 2.32. The second kappa shape index (κ2) is 7.95. The fourth-order valence-corrected chi connectivity index (χ4v) is 2.94. The van der Waals surface area contributed by atoms with Crippen molar-refractivity contribution in [2.75, 3.05) is 20.8 Å². The quantitative estimate of drug-likeness (QED) is 0.703. The molecule has 6 nitrogen and oxygen atoms in total. The molecule has 1 aromatic heterocycles. The van der Waals surface area contributed by atoms with Crippen molar-refractivity contribution >= 4 is 16.8 Å². The number of carbonyl (C=O) groups is 1. The largest absolute Gasteiger partial charge is 0.496 e. The van der Waals surface area contributed by atoms with Gasteiger partial charge in [-0.05, 0) is 43.7 Å². The standard InChI is InChI=1S/C21H22N2O4/c1-13-4-6-14(7-5-13)20(24)22-11-10-15-12-16-17(26-2)8-9-18(27-3)19(16)23-21(15)25/h4-9,12H,10-11H2,1-3H3,(H,22,24)(H,23,25). The molecule has 2 N–H and O–H groups in total. The molecule has 27 heavy (non-hydrogen) atoms. The monoisotopic (exact) mass is 366 g/mol. The molecule has 3 rings (SSSR count). The van der Waals surface area contributed by atoms with Crippen LogP contribution in [0, 0.1) is 6.92 Å². The van der Waals surface area contributed by atoms with Crippen LogP contribution >= 0.6 is 0 Å². The first-order valence-corrected chi connectivity index (χ1v) is 8.65. The van der Waals surface area contributed by atoms with Gasteiger partial charge in [0.2, 0.25) is 0 Å². The molecule has 1 heterocycles. The van der Waals surface area contributed by atoms with Crippen LogP contribution < -0.4 is 20.3 Å². The van der Waals surface area contributed by atoms with Gasteiger partial charge < -0.3 is 19.8 Å². The minimum absolute atomic E-state index is 0.161. The van der Waals surface area contributed by atoms with Crippen LogP contribution in [0.2, 0.25) is 0 Å². The average Bonchev–Trinajstić information content (AvgIpc) is 2.68. The Morgan fingerprint density at radius 1 is 1.04 bits per heavy atom. The number of amides is 1. The third kappa shape index (κ3) is 3.95. The van der Waals surface area contributed by atoms with Crippen molar-refractivity contribution in [3.63, 3.8) is 0 Å². The van der Waals surface area contributed by atoms with E-state index in [0.717, 1.165) is 10.9 Å². The molecular weight excluding hydrogens is 344 g/mol. The summed E-state index contributed by atoms with van der Waals surface area (Å²) in [7, 11) is 3.13. The Morgan fingerprint density at radius 3 is 2.37 bits per heavy atom. The summed E-state index contributed by atoms with van der Waals surface area (Å²) in [4.78, 5) is 27.5. The van der Waals surface area contributed by atoms with E-state index in [1.165, 1.54) is 0 Å². The fourth-order valence-electron chi connectivity index (χ4n) is 2.94. The second-order valence-electron chi connectivity index (χ2n) is 6.25. The predicted octanol–water partition coefficient (Wildman–Crippen LogP) is 2.83. The van der Waals surface area contributed by atoms with E-state index in [-0.39, 0.29) is 11.5 Å². The molecule has 0 bridgehead atoms. The van der Waals surface area contributed by atoms with Crippen LogP contribution in [0.15, 0.2) is 47.3 Å². The van der Waals surface area contributed by atoms with Crippen LogP contribution in [0.3, 0.4) is 0 Å². The zero-order chi connectivity index (χ0) is 19.4. The molecule has 3 aromatic rings. The number of benzene rings is 2. The lowest BCUT2D eigenvalue weighted by Crippen LogP contribution is -2.27. The predicted molar refractivity (Wildman–Crippen MR) is 105 cm³/mol. The van der Waals surface area contributed by atoms with Gasteiger partial charge in [0.15, 0.2) is 0 Å². The van der Waals surface area contributed by atoms with Crippen molar-refractivity contribution in [2.24, 2.45) is 0 Å². The van der Waals surface area contributed by atoms with Gasteiger partial charge in [-0.1, -0.05) is 17.7 Å². The average molecular weight is 366 g/mol. The molecule has 0 aliphatic carbocycles. The first kappa shape index (κ1) is 18.5. The van der Waals surface area contributed by atoms with Crippen molar-refractivity contribution < 1.29 is 14.3 Å². The molecule has 1 amide bonds. The summed E-state index contributed by atoms with van der Waals surface area (Å²) in [6.07, 6.45) is 0.406. The number of hydrogen-bond acceptors (Lipinski definition) is 4. The highest BCUT2D eigenvalue weighted by atomic mass is 16.5. The van der Waals surface area contributed by atoms with E-state index in [4.69, 9.17) is 9.47 Å². The topological polar surface area (TPSA) is 80.4 Å². The van der Waals surface area contributed by atoms with E-state index < -0.39 is 0 Å². The highest BCUT2D eigenvalue weighted by molar-refractivity contribution is 5.94. The van der Waals surface area contributed by atoms with Gasteiger partial charge in [0.25, 0.3) is 11.5 Å². The fraction of sp³-hybridized carbons (Fsp3) is 0.238. The van der Waals surface area contributed by atoms with Crippen LogP contribution in [0.25, 0.3) is 10.9 Å². The molecule has 6 heteroatoms. The first-order chi connectivity index (χ1) is 13.0. The van der Waals surface area contributed by atoms with Crippen LogP contribution in [0.1, 0.15) is 21.5 Å². The van der Waals surface area contributed by atoms with Crippen LogP contribution in [-0.4, -0.2) is 31.7 Å². The van der Waals surface area contributed by atoms with Gasteiger partial charge >= 0.3 is 0 Å². The number of aromatic nitrogens is 1. The normalized spacial score (nSPS) is 10.6. The van der Waals surface area contributed by atoms with Crippen LogP contribution in [0.5, 0.6) is 11.5 Å². The Hall–Kier alpha value is -3.28. The van der Waals surface area contributed by atoms with Gasteiger partial charge in [-0.2, -0.15) is 0 Å². The molecule has 0 aliphatic rings. The Balaban J connectivity index is 1.78. The van der Waals surface area contributed by atoms with Crippen molar-refractivity contribution in [1.29, 1.82) is 0 Å². The molecule has 0 unspecified atom stereocenters. The Kier molecular flexibility index (Phi) is 5.45. The molecule has 0 fully saturated rings. The smallest absolute Gasteiger partial charge is 0.251 e. The van der Waals surface area contributed by atoms with E-state index in [1.807, 2.05) is 19.1 Å². The molecule has 2 aromatic carbocycles. The number of aryl methyl sites for hydroxylation is 1. The molecule has 0 atom stereocenters. The van der Waals surface area contributed by atoms with Gasteiger partial charge in [-0.15, -0.1) is 0 Å². The van der Waals surface area contributed by atoms with Crippen LogP contribution in [-0.2, 0) is 6.42 Å². The maximum atomic E-state index is 12.4. The molecule has 0 aliphatic heterocycles. The van der Waals surface area contributed by atoms with E-state index >= 15 is 0 Å². The summed E-state index contributed by atoms with van der Waals surface area (Å²) in [5.41, 5.74) is 2.64.